The zero-order chi connectivity index (χ0) is 27.2. The molecular formula is C33H49NO3. The van der Waals surface area contributed by atoms with Crippen LogP contribution in [-0.4, -0.2) is 37.1 Å². The number of rotatable bonds is 17. The van der Waals surface area contributed by atoms with Crippen molar-refractivity contribution in [3.63, 3.8) is 0 Å². The van der Waals surface area contributed by atoms with Crippen LogP contribution in [0.5, 0.6) is 0 Å². The summed E-state index contributed by atoms with van der Waals surface area (Å²) in [5.41, 5.74) is 4.35. The Morgan fingerprint density at radius 3 is 1.95 bits per heavy atom. The van der Waals surface area contributed by atoms with Crippen molar-refractivity contribution in [1.82, 2.24) is 4.90 Å². The topological polar surface area (TPSA) is 38.8 Å². The SMILES string of the molecule is C=C(Cc1ccc(CC(=O)OCc2cccc(C(C)C)c2)cc1)OCCN(CCC(C)C)CCC(C)C. The summed E-state index contributed by atoms with van der Waals surface area (Å²) >= 11 is 0. The summed E-state index contributed by atoms with van der Waals surface area (Å²) in [6.07, 6.45) is 3.37. The maximum Gasteiger partial charge on any atom is 0.310 e. The third-order valence-corrected chi connectivity index (χ3v) is 6.55. The van der Waals surface area contributed by atoms with E-state index in [4.69, 9.17) is 9.47 Å². The van der Waals surface area contributed by atoms with E-state index in [1.54, 1.807) is 0 Å². The molecule has 4 nitrogen and oxygen atoms in total. The number of nitrogens with zero attached hydrogens (tertiary/aromatic N) is 1. The van der Waals surface area contributed by atoms with Gasteiger partial charge in [-0.25, -0.2) is 0 Å². The fourth-order valence-electron chi connectivity index (χ4n) is 4.01. The molecule has 2 aromatic rings. The molecule has 204 valence electrons. The van der Waals surface area contributed by atoms with Crippen LogP contribution in [0.1, 0.15) is 82.6 Å². The fraction of sp³-hybridized carbons (Fsp3) is 0.545. The van der Waals surface area contributed by atoms with E-state index < -0.39 is 0 Å². The van der Waals surface area contributed by atoms with E-state index in [9.17, 15) is 4.79 Å². The highest BCUT2D eigenvalue weighted by Gasteiger charge is 2.10. The Bertz CT molecular complexity index is 934. The molecule has 0 atom stereocenters. The third kappa shape index (κ3) is 13.0. The van der Waals surface area contributed by atoms with Gasteiger partial charge in [-0.3, -0.25) is 9.69 Å². The van der Waals surface area contributed by atoms with E-state index in [-0.39, 0.29) is 12.4 Å². The minimum atomic E-state index is -0.213. The maximum atomic E-state index is 12.3. The molecule has 0 heterocycles. The van der Waals surface area contributed by atoms with Crippen LogP contribution in [0.3, 0.4) is 0 Å². The lowest BCUT2D eigenvalue weighted by Gasteiger charge is -2.24. The van der Waals surface area contributed by atoms with Crippen LogP contribution in [0.4, 0.5) is 0 Å². The van der Waals surface area contributed by atoms with Crippen molar-refractivity contribution in [2.24, 2.45) is 11.8 Å². The number of carbonyl (C=O) groups is 1. The van der Waals surface area contributed by atoms with Gasteiger partial charge >= 0.3 is 5.97 Å². The maximum absolute atomic E-state index is 12.3. The van der Waals surface area contributed by atoms with Gasteiger partial charge < -0.3 is 9.47 Å². The molecule has 0 bridgehead atoms. The zero-order valence-electron chi connectivity index (χ0n) is 24.1. The van der Waals surface area contributed by atoms with Gasteiger partial charge in [0.2, 0.25) is 0 Å². The molecule has 37 heavy (non-hydrogen) atoms. The lowest BCUT2D eigenvalue weighted by atomic mass is 10.0. The Morgan fingerprint density at radius 2 is 1.38 bits per heavy atom. The molecule has 0 aliphatic rings. The number of benzene rings is 2. The van der Waals surface area contributed by atoms with Crippen molar-refractivity contribution >= 4 is 5.97 Å². The van der Waals surface area contributed by atoms with Crippen LogP contribution in [0.15, 0.2) is 60.9 Å². The van der Waals surface area contributed by atoms with E-state index >= 15 is 0 Å². The Balaban J connectivity index is 1.74. The Kier molecular flexibility index (Phi) is 13.5. The zero-order valence-corrected chi connectivity index (χ0v) is 24.1. The first-order chi connectivity index (χ1) is 17.6. The van der Waals surface area contributed by atoms with Crippen molar-refractivity contribution < 1.29 is 14.3 Å². The Morgan fingerprint density at radius 1 is 0.784 bits per heavy atom. The lowest BCUT2D eigenvalue weighted by Crippen LogP contribution is -2.31. The summed E-state index contributed by atoms with van der Waals surface area (Å²) in [7, 11) is 0. The average molecular weight is 508 g/mol. The number of hydrogen-bond donors (Lipinski definition) is 0. The first-order valence-electron chi connectivity index (χ1n) is 14.0. The molecule has 0 aromatic heterocycles. The van der Waals surface area contributed by atoms with Gasteiger partial charge in [-0.15, -0.1) is 0 Å². The van der Waals surface area contributed by atoms with E-state index in [0.29, 0.717) is 37.4 Å². The van der Waals surface area contributed by atoms with E-state index in [2.05, 4.69) is 65.2 Å². The average Bonchev–Trinajstić information content (AvgIpc) is 2.85. The molecule has 0 amide bonds. The van der Waals surface area contributed by atoms with Gasteiger partial charge in [0.1, 0.15) is 13.2 Å². The second-order valence-corrected chi connectivity index (χ2v) is 11.3. The molecule has 0 saturated carbocycles. The molecule has 0 aliphatic heterocycles. The van der Waals surface area contributed by atoms with Crippen LogP contribution in [-0.2, 0) is 33.7 Å². The summed E-state index contributed by atoms with van der Waals surface area (Å²) in [5.74, 6) is 2.45. The minimum Gasteiger partial charge on any atom is -0.497 e. The first-order valence-corrected chi connectivity index (χ1v) is 14.0. The van der Waals surface area contributed by atoms with Crippen molar-refractivity contribution in [3.8, 4) is 0 Å². The second kappa shape index (κ2) is 16.3. The van der Waals surface area contributed by atoms with Gasteiger partial charge in [-0.1, -0.05) is 96.7 Å². The molecule has 0 N–H and O–H groups in total. The number of ether oxygens (including phenoxy) is 2. The van der Waals surface area contributed by atoms with Gasteiger partial charge in [-0.2, -0.15) is 0 Å². The van der Waals surface area contributed by atoms with Crippen LogP contribution in [0.25, 0.3) is 0 Å². The highest BCUT2D eigenvalue weighted by Crippen LogP contribution is 2.17. The molecule has 4 heteroatoms. The highest BCUT2D eigenvalue weighted by atomic mass is 16.5. The summed E-state index contributed by atoms with van der Waals surface area (Å²) < 4.78 is 11.5. The van der Waals surface area contributed by atoms with Crippen LogP contribution in [0.2, 0.25) is 0 Å². The lowest BCUT2D eigenvalue weighted by molar-refractivity contribution is -0.144. The van der Waals surface area contributed by atoms with Crippen molar-refractivity contribution in [2.45, 2.75) is 79.8 Å². The van der Waals surface area contributed by atoms with E-state index in [0.717, 1.165) is 42.1 Å². The molecule has 2 rings (SSSR count). The number of allylic oxidation sites excluding steroid dienone is 1. The van der Waals surface area contributed by atoms with Crippen molar-refractivity contribution in [1.29, 1.82) is 0 Å². The second-order valence-electron chi connectivity index (χ2n) is 11.3. The molecule has 0 fully saturated rings. The number of hydrogen-bond acceptors (Lipinski definition) is 4. The highest BCUT2D eigenvalue weighted by molar-refractivity contribution is 5.72. The predicted molar refractivity (Wildman–Crippen MR) is 155 cm³/mol. The normalized spacial score (nSPS) is 11.5. The number of esters is 1. The summed E-state index contributed by atoms with van der Waals surface area (Å²) in [6, 6.07) is 16.3. The standard InChI is InChI=1S/C33H49NO3/c1-25(2)15-17-34(18-16-26(3)4)19-20-36-28(7)21-29-11-13-30(14-12-29)23-33(35)37-24-31-9-8-10-32(22-31)27(5)6/h8-14,22,25-27H,7,15-21,23-24H2,1-6H3. The molecule has 0 saturated heterocycles. The fourth-order valence-corrected chi connectivity index (χ4v) is 4.01. The largest absolute Gasteiger partial charge is 0.497 e. The minimum absolute atomic E-state index is 0.213. The van der Waals surface area contributed by atoms with Gasteiger partial charge in [0.25, 0.3) is 0 Å². The van der Waals surface area contributed by atoms with Gasteiger partial charge in [0.05, 0.1) is 12.2 Å². The molecule has 0 spiro atoms. The molecule has 2 aromatic carbocycles. The van der Waals surface area contributed by atoms with Crippen LogP contribution >= 0.6 is 0 Å². The Hall–Kier alpha value is -2.59. The summed E-state index contributed by atoms with van der Waals surface area (Å²) in [6.45, 7) is 21.7. The molecule has 0 radical (unpaired) electrons. The van der Waals surface area contributed by atoms with Crippen molar-refractivity contribution in [3.05, 3.63) is 83.1 Å². The summed E-state index contributed by atoms with van der Waals surface area (Å²) in [5, 5.41) is 0. The van der Waals surface area contributed by atoms with Gasteiger partial charge in [-0.05, 0) is 65.9 Å². The first kappa shape index (κ1) is 30.6. The van der Waals surface area contributed by atoms with Gasteiger partial charge in [0, 0.05) is 13.0 Å². The van der Waals surface area contributed by atoms with Crippen LogP contribution < -0.4 is 0 Å². The quantitative estimate of drug-likeness (QED) is 0.164. The third-order valence-electron chi connectivity index (χ3n) is 6.55. The number of carbonyl (C=O) groups excluding carboxylic acids is 1. The molecular weight excluding hydrogens is 458 g/mol. The van der Waals surface area contributed by atoms with E-state index in [1.165, 1.54) is 18.4 Å². The van der Waals surface area contributed by atoms with Crippen molar-refractivity contribution in [2.75, 3.05) is 26.2 Å². The van der Waals surface area contributed by atoms with E-state index in [1.807, 2.05) is 36.4 Å². The molecule has 0 unspecified atom stereocenters. The predicted octanol–water partition coefficient (Wildman–Crippen LogP) is 7.56. The molecule has 0 aliphatic carbocycles. The monoisotopic (exact) mass is 507 g/mol. The smallest absolute Gasteiger partial charge is 0.310 e. The van der Waals surface area contributed by atoms with Gasteiger partial charge in [0.15, 0.2) is 0 Å². The summed E-state index contributed by atoms with van der Waals surface area (Å²) in [4.78, 5) is 14.9. The van der Waals surface area contributed by atoms with Crippen LogP contribution in [0, 0.1) is 11.8 Å². The Labute approximate surface area is 226 Å².